The minimum absolute atomic E-state index is 0.134. The van der Waals surface area contributed by atoms with Crippen LogP contribution in [0.3, 0.4) is 0 Å². The van der Waals surface area contributed by atoms with Gasteiger partial charge >= 0.3 is 0 Å². The summed E-state index contributed by atoms with van der Waals surface area (Å²) in [5.74, 6) is -1.12. The van der Waals surface area contributed by atoms with Gasteiger partial charge in [0.05, 0.1) is 9.88 Å². The highest BCUT2D eigenvalue weighted by molar-refractivity contribution is 7.15. The van der Waals surface area contributed by atoms with E-state index in [-0.39, 0.29) is 5.92 Å². The quantitative estimate of drug-likeness (QED) is 0.740. The zero-order valence-corrected chi connectivity index (χ0v) is 12.3. The first-order valence-corrected chi connectivity index (χ1v) is 7.16. The van der Waals surface area contributed by atoms with E-state index < -0.39 is 11.6 Å². The average molecular weight is 281 g/mol. The Kier molecular flexibility index (Phi) is 3.99. The van der Waals surface area contributed by atoms with E-state index in [2.05, 4.69) is 18.8 Å². The average Bonchev–Trinajstić information content (AvgIpc) is 2.81. The van der Waals surface area contributed by atoms with E-state index >= 15 is 0 Å². The number of aromatic nitrogens is 1. The van der Waals surface area contributed by atoms with Crippen LogP contribution in [0.2, 0.25) is 0 Å². The second kappa shape index (κ2) is 5.37. The van der Waals surface area contributed by atoms with Gasteiger partial charge in [-0.05, 0) is 29.2 Å². The molecule has 1 heterocycles. The molecule has 1 aromatic heterocycles. The molecule has 0 fully saturated rings. The van der Waals surface area contributed by atoms with Crippen LogP contribution in [0.5, 0.6) is 0 Å². The molecular formula is C15H17F2NS. The highest BCUT2D eigenvalue weighted by Gasteiger charge is 2.16. The first kappa shape index (κ1) is 14.1. The van der Waals surface area contributed by atoms with Gasteiger partial charge in [0.1, 0.15) is 0 Å². The third kappa shape index (κ3) is 2.84. The molecule has 1 nitrogen and oxygen atoms in total. The van der Waals surface area contributed by atoms with Crippen molar-refractivity contribution in [3.8, 4) is 10.4 Å². The summed E-state index contributed by atoms with van der Waals surface area (Å²) >= 11 is 1.54. The van der Waals surface area contributed by atoms with Crippen molar-refractivity contribution in [3.63, 3.8) is 0 Å². The van der Waals surface area contributed by atoms with Crippen LogP contribution in [0, 0.1) is 11.6 Å². The van der Waals surface area contributed by atoms with Crippen LogP contribution in [0.4, 0.5) is 8.78 Å². The number of hydrogen-bond acceptors (Lipinski definition) is 2. The Hall–Kier alpha value is -1.29. The largest absolute Gasteiger partial charge is 0.249 e. The summed E-state index contributed by atoms with van der Waals surface area (Å²) in [6, 6.07) is 2.58. The Morgan fingerprint density at radius 2 is 1.63 bits per heavy atom. The third-order valence-electron chi connectivity index (χ3n) is 3.00. The lowest BCUT2D eigenvalue weighted by atomic mass is 9.96. The lowest BCUT2D eigenvalue weighted by molar-refractivity contribution is 0.507. The van der Waals surface area contributed by atoms with E-state index in [0.717, 1.165) is 21.0 Å². The molecule has 4 heteroatoms. The molecule has 102 valence electrons. The number of hydrogen-bond donors (Lipinski definition) is 0. The van der Waals surface area contributed by atoms with Gasteiger partial charge in [-0.25, -0.2) is 13.8 Å². The molecule has 0 aliphatic rings. The maximum Gasteiger partial charge on any atom is 0.159 e. The number of thiazole rings is 1. The molecule has 0 aliphatic carbocycles. The van der Waals surface area contributed by atoms with E-state index in [9.17, 15) is 8.78 Å². The number of benzene rings is 1. The van der Waals surface area contributed by atoms with E-state index in [0.29, 0.717) is 5.92 Å². The predicted octanol–water partition coefficient (Wildman–Crippen LogP) is 5.34. The lowest BCUT2D eigenvalue weighted by Crippen LogP contribution is -1.96. The molecule has 19 heavy (non-hydrogen) atoms. The molecule has 0 radical (unpaired) electrons. The molecule has 0 saturated carbocycles. The molecule has 0 saturated heterocycles. The molecule has 2 aromatic rings. The topological polar surface area (TPSA) is 12.9 Å². The third-order valence-corrected chi connectivity index (χ3v) is 4.33. The van der Waals surface area contributed by atoms with Gasteiger partial charge in [-0.15, -0.1) is 11.3 Å². The fourth-order valence-corrected chi connectivity index (χ4v) is 2.89. The second-order valence-electron chi connectivity index (χ2n) is 5.23. The summed E-state index contributed by atoms with van der Waals surface area (Å²) in [5.41, 5.74) is 1.57. The van der Waals surface area contributed by atoms with Crippen molar-refractivity contribution < 1.29 is 8.78 Å². The number of rotatable bonds is 3. The Morgan fingerprint density at radius 3 is 2.16 bits per heavy atom. The predicted molar refractivity (Wildman–Crippen MR) is 75.6 cm³/mol. The highest BCUT2D eigenvalue weighted by atomic mass is 32.1. The second-order valence-corrected chi connectivity index (χ2v) is 6.29. The van der Waals surface area contributed by atoms with Crippen LogP contribution >= 0.6 is 11.3 Å². The van der Waals surface area contributed by atoms with Crippen LogP contribution in [-0.2, 0) is 0 Å². The minimum Gasteiger partial charge on any atom is -0.249 e. The number of halogens is 2. The normalized spacial score (nSPS) is 11.6. The van der Waals surface area contributed by atoms with Crippen molar-refractivity contribution in [1.29, 1.82) is 0 Å². The van der Waals surface area contributed by atoms with Crippen molar-refractivity contribution in [2.24, 2.45) is 0 Å². The standard InChI is InChI=1S/C15H17F2NS/c1-8(2)10-5-12(16)13(17)6-11(10)14-7-18-15(19-14)9(3)4/h5-9H,1-4H3. The van der Waals surface area contributed by atoms with Gasteiger partial charge in [0.25, 0.3) is 0 Å². The fourth-order valence-electron chi connectivity index (χ4n) is 1.93. The monoisotopic (exact) mass is 281 g/mol. The maximum atomic E-state index is 13.5. The van der Waals surface area contributed by atoms with Crippen LogP contribution in [0.25, 0.3) is 10.4 Å². The van der Waals surface area contributed by atoms with E-state index in [4.69, 9.17) is 0 Å². The Bertz CT molecular complexity index is 588. The molecule has 0 N–H and O–H groups in total. The molecule has 0 amide bonds. The summed E-state index contributed by atoms with van der Waals surface area (Å²) in [4.78, 5) is 5.24. The molecule has 2 rings (SSSR count). The van der Waals surface area contributed by atoms with Crippen molar-refractivity contribution in [3.05, 3.63) is 40.5 Å². The van der Waals surface area contributed by atoms with Gasteiger partial charge in [-0.2, -0.15) is 0 Å². The molecule has 0 aliphatic heterocycles. The van der Waals surface area contributed by atoms with Crippen molar-refractivity contribution in [2.45, 2.75) is 39.5 Å². The zero-order valence-electron chi connectivity index (χ0n) is 11.5. The first-order valence-electron chi connectivity index (χ1n) is 6.35. The summed E-state index contributed by atoms with van der Waals surface area (Å²) in [7, 11) is 0. The van der Waals surface area contributed by atoms with Crippen LogP contribution in [0.1, 0.15) is 50.1 Å². The van der Waals surface area contributed by atoms with E-state index in [1.54, 1.807) is 6.20 Å². The van der Waals surface area contributed by atoms with Crippen LogP contribution in [0.15, 0.2) is 18.3 Å². The van der Waals surface area contributed by atoms with E-state index in [1.807, 2.05) is 13.8 Å². The Morgan fingerprint density at radius 1 is 1.00 bits per heavy atom. The van der Waals surface area contributed by atoms with Crippen molar-refractivity contribution in [1.82, 2.24) is 4.98 Å². The molecule has 0 spiro atoms. The van der Waals surface area contributed by atoms with Gasteiger partial charge in [0.15, 0.2) is 11.6 Å². The van der Waals surface area contributed by atoms with Gasteiger partial charge in [0.2, 0.25) is 0 Å². The maximum absolute atomic E-state index is 13.5. The van der Waals surface area contributed by atoms with Crippen molar-refractivity contribution >= 4 is 11.3 Å². The SMILES string of the molecule is CC(C)c1ncc(-c2cc(F)c(F)cc2C(C)C)s1. The van der Waals surface area contributed by atoms with Gasteiger partial charge in [-0.3, -0.25) is 0 Å². The van der Waals surface area contributed by atoms with Gasteiger partial charge < -0.3 is 0 Å². The molecule has 0 unspecified atom stereocenters. The summed E-state index contributed by atoms with van der Waals surface area (Å²) < 4.78 is 26.9. The van der Waals surface area contributed by atoms with Gasteiger partial charge in [0, 0.05) is 12.1 Å². The Balaban J connectivity index is 2.56. The molecular weight excluding hydrogens is 264 g/mol. The van der Waals surface area contributed by atoms with Crippen LogP contribution in [-0.4, -0.2) is 4.98 Å². The molecule has 0 bridgehead atoms. The first-order chi connectivity index (χ1) is 8.90. The molecule has 0 atom stereocenters. The minimum atomic E-state index is -0.807. The smallest absolute Gasteiger partial charge is 0.159 e. The number of nitrogens with zero attached hydrogens (tertiary/aromatic N) is 1. The zero-order chi connectivity index (χ0) is 14.2. The summed E-state index contributed by atoms with van der Waals surface area (Å²) in [6.45, 7) is 8.08. The highest BCUT2D eigenvalue weighted by Crippen LogP contribution is 2.35. The van der Waals surface area contributed by atoms with Crippen molar-refractivity contribution in [2.75, 3.05) is 0 Å². The van der Waals surface area contributed by atoms with E-state index in [1.165, 1.54) is 23.5 Å². The molecule has 1 aromatic carbocycles. The Labute approximate surface area is 116 Å². The fraction of sp³-hybridized carbons (Fsp3) is 0.400. The van der Waals surface area contributed by atoms with Gasteiger partial charge in [-0.1, -0.05) is 27.7 Å². The van der Waals surface area contributed by atoms with Crippen LogP contribution < -0.4 is 0 Å². The summed E-state index contributed by atoms with van der Waals surface area (Å²) in [6.07, 6.45) is 1.75. The summed E-state index contributed by atoms with van der Waals surface area (Å²) in [5, 5.41) is 1.01. The lowest BCUT2D eigenvalue weighted by Gasteiger charge is -2.12.